The molecule has 0 bridgehead atoms. The standard InChI is InChI=1S/C14H20N2OS/c15-9-8-13-16-12(10-18-13)14(17)11-6-4-2-1-3-5-7-11/h6,10H,1-5,7-9,15H2. The van der Waals surface area contributed by atoms with Gasteiger partial charge in [-0.25, -0.2) is 4.98 Å². The smallest absolute Gasteiger partial charge is 0.207 e. The van der Waals surface area contributed by atoms with Gasteiger partial charge in [0.1, 0.15) is 5.69 Å². The average molecular weight is 264 g/mol. The van der Waals surface area contributed by atoms with E-state index >= 15 is 0 Å². The van der Waals surface area contributed by atoms with Crippen LogP contribution in [0.15, 0.2) is 17.0 Å². The first-order valence-corrected chi connectivity index (χ1v) is 7.57. The van der Waals surface area contributed by atoms with Crippen LogP contribution < -0.4 is 5.73 Å². The molecule has 0 atom stereocenters. The van der Waals surface area contributed by atoms with Crippen LogP contribution in [0.4, 0.5) is 0 Å². The minimum atomic E-state index is 0.122. The van der Waals surface area contributed by atoms with Crippen LogP contribution >= 0.6 is 11.3 Å². The fourth-order valence-corrected chi connectivity index (χ4v) is 3.01. The minimum absolute atomic E-state index is 0.122. The van der Waals surface area contributed by atoms with Gasteiger partial charge in [0.15, 0.2) is 0 Å². The molecule has 0 aromatic carbocycles. The predicted octanol–water partition coefficient (Wildman–Crippen LogP) is 3.11. The van der Waals surface area contributed by atoms with Crippen molar-refractivity contribution in [2.75, 3.05) is 6.54 Å². The van der Waals surface area contributed by atoms with Crippen molar-refractivity contribution in [1.82, 2.24) is 4.98 Å². The first kappa shape index (κ1) is 13.4. The molecule has 0 fully saturated rings. The topological polar surface area (TPSA) is 56.0 Å². The van der Waals surface area contributed by atoms with Crippen LogP contribution in [-0.4, -0.2) is 17.3 Å². The zero-order valence-electron chi connectivity index (χ0n) is 10.7. The quantitative estimate of drug-likeness (QED) is 0.850. The third-order valence-corrected chi connectivity index (χ3v) is 4.13. The summed E-state index contributed by atoms with van der Waals surface area (Å²) >= 11 is 1.54. The van der Waals surface area contributed by atoms with Crippen molar-refractivity contribution in [2.45, 2.75) is 44.9 Å². The predicted molar refractivity (Wildman–Crippen MR) is 75.0 cm³/mol. The van der Waals surface area contributed by atoms with Gasteiger partial charge in [0.25, 0.3) is 0 Å². The molecule has 0 saturated carbocycles. The number of rotatable bonds is 4. The van der Waals surface area contributed by atoms with Crippen LogP contribution in [0.3, 0.4) is 0 Å². The van der Waals surface area contributed by atoms with Crippen molar-refractivity contribution < 1.29 is 4.79 Å². The molecule has 1 aromatic rings. The van der Waals surface area contributed by atoms with E-state index < -0.39 is 0 Å². The van der Waals surface area contributed by atoms with Crippen molar-refractivity contribution in [3.8, 4) is 0 Å². The molecule has 18 heavy (non-hydrogen) atoms. The van der Waals surface area contributed by atoms with Gasteiger partial charge < -0.3 is 5.73 Å². The molecule has 98 valence electrons. The SMILES string of the molecule is NCCc1nc(C(=O)C2=CCCCCCC2)cs1. The summed E-state index contributed by atoms with van der Waals surface area (Å²) in [6.07, 6.45) is 9.66. The normalized spacial score (nSPS) is 16.8. The molecule has 0 spiro atoms. The molecule has 4 heteroatoms. The molecule has 0 saturated heterocycles. The number of carbonyl (C=O) groups excluding carboxylic acids is 1. The Balaban J connectivity index is 2.08. The van der Waals surface area contributed by atoms with E-state index in [4.69, 9.17) is 5.73 Å². The van der Waals surface area contributed by atoms with Crippen molar-refractivity contribution in [3.63, 3.8) is 0 Å². The van der Waals surface area contributed by atoms with E-state index in [0.29, 0.717) is 12.2 Å². The lowest BCUT2D eigenvalue weighted by Gasteiger charge is -2.09. The Morgan fingerprint density at radius 1 is 1.33 bits per heavy atom. The lowest BCUT2D eigenvalue weighted by atomic mass is 9.96. The van der Waals surface area contributed by atoms with E-state index in [0.717, 1.165) is 36.3 Å². The van der Waals surface area contributed by atoms with Crippen LogP contribution in [0.1, 0.15) is 54.0 Å². The van der Waals surface area contributed by atoms with Gasteiger partial charge in [0.05, 0.1) is 5.01 Å². The lowest BCUT2D eigenvalue weighted by Crippen LogP contribution is -2.07. The van der Waals surface area contributed by atoms with Gasteiger partial charge in [-0.05, 0) is 37.8 Å². The maximum atomic E-state index is 12.3. The monoisotopic (exact) mass is 264 g/mol. The zero-order chi connectivity index (χ0) is 12.8. The molecule has 1 aromatic heterocycles. The number of carbonyl (C=O) groups is 1. The van der Waals surface area contributed by atoms with Gasteiger partial charge in [0.2, 0.25) is 5.78 Å². The fourth-order valence-electron chi connectivity index (χ4n) is 2.22. The number of nitrogens with zero attached hydrogens (tertiary/aromatic N) is 1. The zero-order valence-corrected chi connectivity index (χ0v) is 11.5. The van der Waals surface area contributed by atoms with Crippen LogP contribution in [0, 0.1) is 0 Å². The van der Waals surface area contributed by atoms with Crippen LogP contribution in [-0.2, 0) is 6.42 Å². The van der Waals surface area contributed by atoms with Gasteiger partial charge in [-0.2, -0.15) is 0 Å². The van der Waals surface area contributed by atoms with E-state index in [1.807, 2.05) is 5.38 Å². The summed E-state index contributed by atoms with van der Waals surface area (Å²) in [7, 11) is 0. The van der Waals surface area contributed by atoms with Gasteiger partial charge in [-0.1, -0.05) is 18.9 Å². The maximum absolute atomic E-state index is 12.3. The second kappa shape index (κ2) is 6.81. The molecule has 0 unspecified atom stereocenters. The third kappa shape index (κ3) is 3.50. The third-order valence-electron chi connectivity index (χ3n) is 3.23. The van der Waals surface area contributed by atoms with Crippen molar-refractivity contribution in [3.05, 3.63) is 27.7 Å². The molecular formula is C14H20N2OS. The summed E-state index contributed by atoms with van der Waals surface area (Å²) in [4.78, 5) is 16.7. The fraction of sp³-hybridized carbons (Fsp3) is 0.571. The Labute approximate surface area is 112 Å². The second-order valence-corrected chi connectivity index (χ2v) is 5.62. The van der Waals surface area contributed by atoms with Crippen LogP contribution in [0.25, 0.3) is 0 Å². The highest BCUT2D eigenvalue weighted by Gasteiger charge is 2.16. The highest BCUT2D eigenvalue weighted by atomic mass is 32.1. The van der Waals surface area contributed by atoms with Crippen molar-refractivity contribution >= 4 is 17.1 Å². The molecule has 1 heterocycles. The molecular weight excluding hydrogens is 244 g/mol. The van der Waals surface area contributed by atoms with Crippen molar-refractivity contribution in [2.24, 2.45) is 5.73 Å². The number of allylic oxidation sites excluding steroid dienone is 2. The minimum Gasteiger partial charge on any atom is -0.330 e. The summed E-state index contributed by atoms with van der Waals surface area (Å²) in [5.74, 6) is 0.122. The Morgan fingerprint density at radius 2 is 2.17 bits per heavy atom. The molecule has 0 aliphatic heterocycles. The number of hydrogen-bond donors (Lipinski definition) is 1. The Bertz CT molecular complexity index is 437. The van der Waals surface area contributed by atoms with Crippen molar-refractivity contribution in [1.29, 1.82) is 0 Å². The number of hydrogen-bond acceptors (Lipinski definition) is 4. The van der Waals surface area contributed by atoms with E-state index in [1.54, 1.807) is 0 Å². The largest absolute Gasteiger partial charge is 0.330 e. The molecule has 1 aliphatic carbocycles. The first-order valence-electron chi connectivity index (χ1n) is 6.69. The molecule has 3 nitrogen and oxygen atoms in total. The summed E-state index contributed by atoms with van der Waals surface area (Å²) in [5.41, 5.74) is 7.06. The van der Waals surface area contributed by atoms with Crippen LogP contribution in [0.2, 0.25) is 0 Å². The van der Waals surface area contributed by atoms with Gasteiger partial charge in [-0.3, -0.25) is 4.79 Å². The molecule has 0 radical (unpaired) electrons. The molecule has 2 rings (SSSR count). The van der Waals surface area contributed by atoms with E-state index in [9.17, 15) is 4.79 Å². The van der Waals surface area contributed by atoms with E-state index in [-0.39, 0.29) is 5.78 Å². The Morgan fingerprint density at radius 3 is 3.00 bits per heavy atom. The number of nitrogens with two attached hydrogens (primary N) is 1. The van der Waals surface area contributed by atoms with Gasteiger partial charge in [-0.15, -0.1) is 11.3 Å². The summed E-state index contributed by atoms with van der Waals surface area (Å²) in [6, 6.07) is 0. The maximum Gasteiger partial charge on any atom is 0.207 e. The Hall–Kier alpha value is -1.00. The summed E-state index contributed by atoms with van der Waals surface area (Å²) in [5, 5.41) is 2.83. The molecule has 0 amide bonds. The van der Waals surface area contributed by atoms with E-state index in [1.165, 1.54) is 30.6 Å². The number of Topliss-reactive ketones (excluding diaryl/α,β-unsaturated/α-hetero) is 1. The highest BCUT2D eigenvalue weighted by Crippen LogP contribution is 2.21. The Kier molecular flexibility index (Phi) is 5.08. The lowest BCUT2D eigenvalue weighted by molar-refractivity contribution is 0.102. The van der Waals surface area contributed by atoms with Crippen LogP contribution in [0.5, 0.6) is 0 Å². The number of ketones is 1. The summed E-state index contributed by atoms with van der Waals surface area (Å²) < 4.78 is 0. The van der Waals surface area contributed by atoms with E-state index in [2.05, 4.69) is 11.1 Å². The summed E-state index contributed by atoms with van der Waals surface area (Å²) in [6.45, 7) is 0.587. The number of thiazole rings is 1. The van der Waals surface area contributed by atoms with Gasteiger partial charge >= 0.3 is 0 Å². The highest BCUT2D eigenvalue weighted by molar-refractivity contribution is 7.09. The second-order valence-electron chi connectivity index (χ2n) is 4.68. The number of aromatic nitrogens is 1. The first-order chi connectivity index (χ1) is 8.81. The average Bonchev–Trinajstić information content (AvgIpc) is 2.77. The molecule has 2 N–H and O–H groups in total. The van der Waals surface area contributed by atoms with Gasteiger partial charge in [0, 0.05) is 11.8 Å². The molecule has 1 aliphatic rings.